The molecule has 2 N–H and O–H groups in total. The van der Waals surface area contributed by atoms with Crippen molar-refractivity contribution in [2.45, 2.75) is 6.42 Å². The molecule has 0 radical (unpaired) electrons. The highest BCUT2D eigenvalue weighted by atomic mass is 19.1. The smallest absolute Gasteiger partial charge is 0.143 e. The first-order chi connectivity index (χ1) is 8.31. The SMILES string of the molecule is N#Cc1c(F)cccc1NCC1=CCNCC1. The largest absolute Gasteiger partial charge is 0.380 e. The Morgan fingerprint density at radius 2 is 2.35 bits per heavy atom. The Morgan fingerprint density at radius 1 is 1.47 bits per heavy atom. The molecule has 0 saturated heterocycles. The van der Waals surface area contributed by atoms with Gasteiger partial charge in [0.1, 0.15) is 17.4 Å². The van der Waals surface area contributed by atoms with Gasteiger partial charge in [0.15, 0.2) is 0 Å². The number of nitrogens with one attached hydrogen (secondary N) is 2. The topological polar surface area (TPSA) is 47.9 Å². The maximum Gasteiger partial charge on any atom is 0.143 e. The lowest BCUT2D eigenvalue weighted by Gasteiger charge is -2.15. The second-order valence-electron chi connectivity index (χ2n) is 3.94. The van der Waals surface area contributed by atoms with Crippen LogP contribution in [-0.2, 0) is 0 Å². The van der Waals surface area contributed by atoms with Gasteiger partial charge in [-0.3, -0.25) is 0 Å². The summed E-state index contributed by atoms with van der Waals surface area (Å²) in [6, 6.07) is 6.51. The minimum Gasteiger partial charge on any atom is -0.380 e. The van der Waals surface area contributed by atoms with Crippen molar-refractivity contribution in [3.05, 3.63) is 41.2 Å². The van der Waals surface area contributed by atoms with Crippen LogP contribution in [0.2, 0.25) is 0 Å². The molecule has 0 spiro atoms. The first-order valence-corrected chi connectivity index (χ1v) is 5.62. The Morgan fingerprint density at radius 3 is 3.06 bits per heavy atom. The second-order valence-corrected chi connectivity index (χ2v) is 3.94. The van der Waals surface area contributed by atoms with Crippen LogP contribution in [0.25, 0.3) is 0 Å². The van der Waals surface area contributed by atoms with Crippen molar-refractivity contribution < 1.29 is 4.39 Å². The maximum absolute atomic E-state index is 13.3. The van der Waals surface area contributed by atoms with E-state index in [0.29, 0.717) is 12.2 Å². The van der Waals surface area contributed by atoms with Crippen LogP contribution < -0.4 is 10.6 Å². The zero-order valence-corrected chi connectivity index (χ0v) is 9.46. The third-order valence-electron chi connectivity index (χ3n) is 2.79. The Labute approximate surface area is 99.9 Å². The number of halogens is 1. The molecule has 1 aromatic carbocycles. The van der Waals surface area contributed by atoms with Crippen molar-refractivity contribution in [3.8, 4) is 6.07 Å². The highest BCUT2D eigenvalue weighted by molar-refractivity contribution is 5.58. The van der Waals surface area contributed by atoms with Crippen LogP contribution in [0.1, 0.15) is 12.0 Å². The molecule has 0 aromatic heterocycles. The number of rotatable bonds is 3. The lowest BCUT2D eigenvalue weighted by Crippen LogP contribution is -2.23. The molecule has 3 nitrogen and oxygen atoms in total. The van der Waals surface area contributed by atoms with Gasteiger partial charge in [0.05, 0.1) is 5.69 Å². The molecule has 88 valence electrons. The van der Waals surface area contributed by atoms with E-state index in [9.17, 15) is 4.39 Å². The van der Waals surface area contributed by atoms with E-state index in [2.05, 4.69) is 16.7 Å². The fourth-order valence-electron chi connectivity index (χ4n) is 1.82. The van der Waals surface area contributed by atoms with E-state index in [-0.39, 0.29) is 5.56 Å². The van der Waals surface area contributed by atoms with Gasteiger partial charge in [0.2, 0.25) is 0 Å². The quantitative estimate of drug-likeness (QED) is 0.782. The summed E-state index contributed by atoms with van der Waals surface area (Å²) in [5, 5.41) is 15.2. The predicted octanol–water partition coefficient (Wildman–Crippen LogP) is 2.03. The standard InChI is InChI=1S/C13H14FN3/c14-12-2-1-3-13(11(12)8-15)17-9-10-4-6-16-7-5-10/h1-4,16-17H,5-7,9H2. The van der Waals surface area contributed by atoms with E-state index < -0.39 is 5.82 Å². The van der Waals surface area contributed by atoms with Crippen LogP contribution in [-0.4, -0.2) is 19.6 Å². The van der Waals surface area contributed by atoms with E-state index >= 15 is 0 Å². The van der Waals surface area contributed by atoms with Crippen LogP contribution in [0, 0.1) is 17.1 Å². The minimum atomic E-state index is -0.475. The lowest BCUT2D eigenvalue weighted by molar-refractivity contribution is 0.624. The van der Waals surface area contributed by atoms with Crippen molar-refractivity contribution in [2.24, 2.45) is 0 Å². The van der Waals surface area contributed by atoms with Crippen LogP contribution in [0.3, 0.4) is 0 Å². The fourth-order valence-corrected chi connectivity index (χ4v) is 1.82. The van der Waals surface area contributed by atoms with E-state index in [1.165, 1.54) is 11.6 Å². The average Bonchev–Trinajstić information content (AvgIpc) is 2.37. The van der Waals surface area contributed by atoms with Crippen molar-refractivity contribution >= 4 is 5.69 Å². The van der Waals surface area contributed by atoms with Gasteiger partial charge in [0.25, 0.3) is 0 Å². The molecule has 0 saturated carbocycles. The number of nitrogens with zero attached hydrogens (tertiary/aromatic N) is 1. The number of hydrogen-bond donors (Lipinski definition) is 2. The number of anilines is 1. The van der Waals surface area contributed by atoms with Crippen molar-refractivity contribution in [2.75, 3.05) is 25.0 Å². The Bertz CT molecular complexity index is 474. The highest BCUT2D eigenvalue weighted by Crippen LogP contribution is 2.18. The van der Waals surface area contributed by atoms with E-state index in [4.69, 9.17) is 5.26 Å². The van der Waals surface area contributed by atoms with E-state index in [0.717, 1.165) is 19.5 Å². The maximum atomic E-state index is 13.3. The summed E-state index contributed by atoms with van der Waals surface area (Å²) < 4.78 is 13.3. The summed E-state index contributed by atoms with van der Waals surface area (Å²) in [4.78, 5) is 0. The Kier molecular flexibility index (Phi) is 3.73. The molecule has 1 aliphatic rings. The summed E-state index contributed by atoms with van der Waals surface area (Å²) in [5.74, 6) is -0.475. The Balaban J connectivity index is 2.06. The lowest BCUT2D eigenvalue weighted by atomic mass is 10.1. The number of nitriles is 1. The molecule has 0 aliphatic carbocycles. The van der Waals surface area contributed by atoms with Gasteiger partial charge in [-0.25, -0.2) is 4.39 Å². The summed E-state index contributed by atoms with van der Waals surface area (Å²) in [5.41, 5.74) is 1.94. The van der Waals surface area contributed by atoms with Gasteiger partial charge in [-0.15, -0.1) is 0 Å². The van der Waals surface area contributed by atoms with Crippen molar-refractivity contribution in [1.29, 1.82) is 5.26 Å². The third-order valence-corrected chi connectivity index (χ3v) is 2.79. The van der Waals surface area contributed by atoms with Crippen LogP contribution in [0.5, 0.6) is 0 Å². The third kappa shape index (κ3) is 2.83. The molecule has 1 aromatic rings. The zero-order chi connectivity index (χ0) is 12.1. The minimum absolute atomic E-state index is 0.0852. The molecular formula is C13H14FN3. The summed E-state index contributed by atoms with van der Waals surface area (Å²) >= 11 is 0. The van der Waals surface area contributed by atoms with Gasteiger partial charge < -0.3 is 10.6 Å². The van der Waals surface area contributed by atoms with Crippen LogP contribution in [0.15, 0.2) is 29.8 Å². The number of benzene rings is 1. The van der Waals surface area contributed by atoms with Crippen molar-refractivity contribution in [1.82, 2.24) is 5.32 Å². The number of hydrogen-bond acceptors (Lipinski definition) is 3. The molecule has 1 heterocycles. The second kappa shape index (κ2) is 5.46. The zero-order valence-electron chi connectivity index (χ0n) is 9.46. The molecular weight excluding hydrogens is 217 g/mol. The normalized spacial score (nSPS) is 14.9. The molecule has 0 amide bonds. The molecule has 17 heavy (non-hydrogen) atoms. The van der Waals surface area contributed by atoms with Crippen LogP contribution >= 0.6 is 0 Å². The van der Waals surface area contributed by atoms with E-state index in [1.807, 2.05) is 6.07 Å². The van der Waals surface area contributed by atoms with Gasteiger partial charge in [-0.1, -0.05) is 17.7 Å². The molecule has 0 fully saturated rings. The summed E-state index contributed by atoms with van der Waals surface area (Å²) in [6.07, 6.45) is 3.12. The molecule has 4 heteroatoms. The molecule has 0 atom stereocenters. The van der Waals surface area contributed by atoms with Gasteiger partial charge >= 0.3 is 0 Å². The predicted molar refractivity (Wildman–Crippen MR) is 65.2 cm³/mol. The summed E-state index contributed by atoms with van der Waals surface area (Å²) in [6.45, 7) is 2.52. The highest BCUT2D eigenvalue weighted by Gasteiger charge is 2.08. The monoisotopic (exact) mass is 231 g/mol. The van der Waals surface area contributed by atoms with Gasteiger partial charge in [-0.2, -0.15) is 5.26 Å². The molecule has 2 rings (SSSR count). The first kappa shape index (κ1) is 11.6. The molecule has 0 unspecified atom stereocenters. The van der Waals surface area contributed by atoms with Crippen LogP contribution in [0.4, 0.5) is 10.1 Å². The molecule has 1 aliphatic heterocycles. The average molecular weight is 231 g/mol. The van der Waals surface area contributed by atoms with E-state index in [1.54, 1.807) is 12.1 Å². The fraction of sp³-hybridized carbons (Fsp3) is 0.308. The van der Waals surface area contributed by atoms with Gasteiger partial charge in [0, 0.05) is 13.1 Å². The van der Waals surface area contributed by atoms with Crippen molar-refractivity contribution in [3.63, 3.8) is 0 Å². The Hall–Kier alpha value is -1.86. The first-order valence-electron chi connectivity index (χ1n) is 5.62. The molecule has 0 bridgehead atoms. The van der Waals surface area contributed by atoms with Gasteiger partial charge in [-0.05, 0) is 25.1 Å². The summed E-state index contributed by atoms with van der Waals surface area (Å²) in [7, 11) is 0.